The number of aryl methyl sites for hydroxylation is 2. The topological polar surface area (TPSA) is 70.2 Å². The number of carbonyl (C=O) groups is 2. The predicted molar refractivity (Wildman–Crippen MR) is 60.1 cm³/mol. The van der Waals surface area contributed by atoms with Crippen molar-refractivity contribution in [1.29, 1.82) is 0 Å². The number of carboxylic acid groups (broad SMARTS) is 1. The zero-order valence-corrected chi connectivity index (χ0v) is 9.00. The third kappa shape index (κ3) is 1.31. The van der Waals surface area contributed by atoms with E-state index in [0.717, 1.165) is 17.4 Å². The number of rotatable bonds is 2. The number of benzene rings is 1. The van der Waals surface area contributed by atoms with Gasteiger partial charge in [-0.05, 0) is 31.0 Å². The van der Waals surface area contributed by atoms with Crippen LogP contribution in [0.3, 0.4) is 0 Å². The second kappa shape index (κ2) is 3.48. The standard InChI is InChI=1S/C12H11NO3/c1-6-3-9(12(15)16)7(2)10-8(5-14)4-13-11(6)10/h3-5,13H,1-2H3,(H,15,16). The highest BCUT2D eigenvalue weighted by Gasteiger charge is 2.15. The first-order chi connectivity index (χ1) is 7.56. The van der Waals surface area contributed by atoms with E-state index >= 15 is 0 Å². The minimum absolute atomic E-state index is 0.243. The maximum atomic E-state index is 11.0. The Labute approximate surface area is 91.9 Å². The van der Waals surface area contributed by atoms with E-state index in [1.807, 2.05) is 6.92 Å². The van der Waals surface area contributed by atoms with E-state index in [9.17, 15) is 9.59 Å². The van der Waals surface area contributed by atoms with Crippen LogP contribution in [0.5, 0.6) is 0 Å². The Hall–Kier alpha value is -2.10. The van der Waals surface area contributed by atoms with Gasteiger partial charge in [-0.1, -0.05) is 0 Å². The fourth-order valence-corrected chi connectivity index (χ4v) is 2.00. The molecule has 0 saturated heterocycles. The number of aldehydes is 1. The number of hydrogen-bond donors (Lipinski definition) is 2. The van der Waals surface area contributed by atoms with Crippen LogP contribution in [0.4, 0.5) is 0 Å². The molecule has 0 spiro atoms. The summed E-state index contributed by atoms with van der Waals surface area (Å²) in [4.78, 5) is 24.9. The highest BCUT2D eigenvalue weighted by atomic mass is 16.4. The van der Waals surface area contributed by atoms with Crippen molar-refractivity contribution in [3.05, 3.63) is 34.5 Å². The lowest BCUT2D eigenvalue weighted by atomic mass is 9.99. The van der Waals surface area contributed by atoms with Gasteiger partial charge in [-0.15, -0.1) is 0 Å². The van der Waals surface area contributed by atoms with Crippen molar-refractivity contribution in [2.75, 3.05) is 0 Å². The van der Waals surface area contributed by atoms with E-state index < -0.39 is 5.97 Å². The molecule has 0 bridgehead atoms. The van der Waals surface area contributed by atoms with Crippen LogP contribution in [-0.2, 0) is 0 Å². The Morgan fingerprint density at radius 1 is 1.44 bits per heavy atom. The molecular formula is C12H11NO3. The van der Waals surface area contributed by atoms with Crippen LogP contribution in [0.1, 0.15) is 31.8 Å². The Balaban J connectivity index is 2.95. The first-order valence-corrected chi connectivity index (χ1v) is 4.86. The van der Waals surface area contributed by atoms with Gasteiger partial charge in [0.1, 0.15) is 0 Å². The van der Waals surface area contributed by atoms with Crippen molar-refractivity contribution in [3.8, 4) is 0 Å². The van der Waals surface area contributed by atoms with E-state index in [4.69, 9.17) is 5.11 Å². The normalized spacial score (nSPS) is 10.6. The molecule has 0 aliphatic carbocycles. The number of carbonyl (C=O) groups excluding carboxylic acids is 1. The molecule has 0 saturated carbocycles. The number of nitrogens with one attached hydrogen (secondary N) is 1. The van der Waals surface area contributed by atoms with Crippen LogP contribution in [0.25, 0.3) is 10.9 Å². The van der Waals surface area contributed by atoms with E-state index in [2.05, 4.69) is 4.98 Å². The molecule has 0 radical (unpaired) electrons. The molecule has 82 valence electrons. The molecule has 1 aromatic heterocycles. The summed E-state index contributed by atoms with van der Waals surface area (Å²) >= 11 is 0. The second-order valence-electron chi connectivity index (χ2n) is 3.78. The van der Waals surface area contributed by atoms with Crippen molar-refractivity contribution in [3.63, 3.8) is 0 Å². The maximum Gasteiger partial charge on any atom is 0.335 e. The molecule has 1 heterocycles. The number of H-pyrrole nitrogens is 1. The van der Waals surface area contributed by atoms with Crippen molar-refractivity contribution < 1.29 is 14.7 Å². The van der Waals surface area contributed by atoms with Crippen molar-refractivity contribution >= 4 is 23.2 Å². The lowest BCUT2D eigenvalue weighted by Crippen LogP contribution is -2.01. The lowest BCUT2D eigenvalue weighted by Gasteiger charge is -2.06. The quantitative estimate of drug-likeness (QED) is 0.758. The average Bonchev–Trinajstić information content (AvgIpc) is 2.67. The maximum absolute atomic E-state index is 11.0. The Bertz CT molecular complexity index is 596. The minimum atomic E-state index is -0.972. The Morgan fingerprint density at radius 2 is 2.12 bits per heavy atom. The van der Waals surface area contributed by atoms with Gasteiger partial charge in [0.2, 0.25) is 0 Å². The van der Waals surface area contributed by atoms with Gasteiger partial charge < -0.3 is 10.1 Å². The molecule has 16 heavy (non-hydrogen) atoms. The molecule has 4 nitrogen and oxygen atoms in total. The van der Waals surface area contributed by atoms with Crippen LogP contribution >= 0.6 is 0 Å². The summed E-state index contributed by atoms with van der Waals surface area (Å²) < 4.78 is 0. The van der Waals surface area contributed by atoms with Gasteiger partial charge in [0.25, 0.3) is 0 Å². The summed E-state index contributed by atoms with van der Waals surface area (Å²) in [7, 11) is 0. The third-order valence-electron chi connectivity index (χ3n) is 2.80. The molecule has 0 atom stereocenters. The number of aromatic carboxylic acids is 1. The van der Waals surface area contributed by atoms with Gasteiger partial charge in [0.05, 0.1) is 5.56 Å². The first-order valence-electron chi connectivity index (χ1n) is 4.86. The Morgan fingerprint density at radius 3 is 2.69 bits per heavy atom. The molecule has 0 aliphatic heterocycles. The van der Waals surface area contributed by atoms with Crippen LogP contribution in [0.15, 0.2) is 12.3 Å². The fourth-order valence-electron chi connectivity index (χ4n) is 2.00. The molecule has 0 unspecified atom stereocenters. The van der Waals surface area contributed by atoms with E-state index in [-0.39, 0.29) is 5.56 Å². The van der Waals surface area contributed by atoms with Crippen molar-refractivity contribution in [2.24, 2.45) is 0 Å². The SMILES string of the molecule is Cc1cc(C(=O)O)c(C)c2c(C=O)c[nH]c12. The van der Waals surface area contributed by atoms with Gasteiger partial charge in [0, 0.05) is 22.7 Å². The second-order valence-corrected chi connectivity index (χ2v) is 3.78. The summed E-state index contributed by atoms with van der Waals surface area (Å²) in [6.45, 7) is 3.53. The molecule has 2 aromatic rings. The summed E-state index contributed by atoms with van der Waals surface area (Å²) in [6.07, 6.45) is 2.33. The Kier molecular flexibility index (Phi) is 2.27. The van der Waals surface area contributed by atoms with Crippen molar-refractivity contribution in [2.45, 2.75) is 13.8 Å². The first kappa shape index (κ1) is 10.4. The molecule has 0 fully saturated rings. The van der Waals surface area contributed by atoms with Gasteiger partial charge >= 0.3 is 5.97 Å². The lowest BCUT2D eigenvalue weighted by molar-refractivity contribution is 0.0696. The number of carboxylic acids is 1. The smallest absolute Gasteiger partial charge is 0.335 e. The van der Waals surface area contributed by atoms with E-state index in [1.54, 1.807) is 19.2 Å². The summed E-state index contributed by atoms with van der Waals surface area (Å²) in [5.41, 5.74) is 3.01. The third-order valence-corrected chi connectivity index (χ3v) is 2.80. The predicted octanol–water partition coefficient (Wildman–Crippen LogP) is 2.30. The summed E-state index contributed by atoms with van der Waals surface area (Å²) in [6, 6.07) is 1.62. The average molecular weight is 217 g/mol. The minimum Gasteiger partial charge on any atom is -0.478 e. The van der Waals surface area contributed by atoms with Crippen LogP contribution in [0.2, 0.25) is 0 Å². The highest BCUT2D eigenvalue weighted by Crippen LogP contribution is 2.27. The zero-order valence-electron chi connectivity index (χ0n) is 9.00. The molecule has 0 amide bonds. The summed E-state index contributed by atoms with van der Waals surface area (Å²) in [5, 5.41) is 9.75. The molecule has 0 aliphatic rings. The van der Waals surface area contributed by atoms with Gasteiger partial charge in [-0.3, -0.25) is 4.79 Å². The monoisotopic (exact) mass is 217 g/mol. The van der Waals surface area contributed by atoms with E-state index in [1.165, 1.54) is 0 Å². The number of fused-ring (bicyclic) bond motifs is 1. The highest BCUT2D eigenvalue weighted by molar-refractivity contribution is 6.05. The van der Waals surface area contributed by atoms with Crippen LogP contribution in [-0.4, -0.2) is 22.3 Å². The van der Waals surface area contributed by atoms with Gasteiger partial charge in [0.15, 0.2) is 6.29 Å². The zero-order chi connectivity index (χ0) is 11.9. The number of aromatic nitrogens is 1. The van der Waals surface area contributed by atoms with Crippen molar-refractivity contribution in [1.82, 2.24) is 4.98 Å². The molecule has 4 heteroatoms. The van der Waals surface area contributed by atoms with Gasteiger partial charge in [-0.2, -0.15) is 0 Å². The number of hydrogen-bond acceptors (Lipinski definition) is 2. The summed E-state index contributed by atoms with van der Waals surface area (Å²) in [5.74, 6) is -0.972. The van der Waals surface area contributed by atoms with Crippen LogP contribution < -0.4 is 0 Å². The van der Waals surface area contributed by atoms with Crippen LogP contribution in [0, 0.1) is 13.8 Å². The number of aromatic amines is 1. The van der Waals surface area contributed by atoms with E-state index in [0.29, 0.717) is 16.5 Å². The molecule has 2 rings (SSSR count). The molecule has 1 aromatic carbocycles. The molecular weight excluding hydrogens is 206 g/mol. The van der Waals surface area contributed by atoms with Gasteiger partial charge in [-0.25, -0.2) is 4.79 Å². The largest absolute Gasteiger partial charge is 0.478 e. The molecule has 2 N–H and O–H groups in total. The fraction of sp³-hybridized carbons (Fsp3) is 0.167.